The number of carbonyl (C=O) groups is 2. The Kier molecular flexibility index (Phi) is 4.88. The van der Waals surface area contributed by atoms with Gasteiger partial charge in [-0.15, -0.1) is 0 Å². The van der Waals surface area contributed by atoms with E-state index in [9.17, 15) is 14.7 Å². The van der Waals surface area contributed by atoms with Crippen molar-refractivity contribution >= 4 is 11.8 Å². The van der Waals surface area contributed by atoms with Crippen LogP contribution in [0.1, 0.15) is 55.3 Å². The Morgan fingerprint density at radius 2 is 2.00 bits per heavy atom. The molecule has 1 heterocycles. The monoisotopic (exact) mass is 356 g/mol. The Morgan fingerprint density at radius 3 is 2.73 bits per heavy atom. The van der Waals surface area contributed by atoms with Crippen LogP contribution >= 0.6 is 0 Å². The Morgan fingerprint density at radius 1 is 1.15 bits per heavy atom. The largest absolute Gasteiger partial charge is 0.507 e. The average molecular weight is 356 g/mol. The normalized spacial score (nSPS) is 29.9. The topological polar surface area (TPSA) is 69.6 Å². The number of aromatic hydroxyl groups is 1. The fourth-order valence-electron chi connectivity index (χ4n) is 5.32. The summed E-state index contributed by atoms with van der Waals surface area (Å²) in [5.41, 5.74) is 0.272. The molecule has 1 saturated heterocycles. The van der Waals surface area contributed by atoms with Crippen LogP contribution in [0.25, 0.3) is 0 Å². The van der Waals surface area contributed by atoms with E-state index < -0.39 is 6.04 Å². The fraction of sp³-hybridized carbons (Fsp3) is 0.619. The number of benzene rings is 1. The molecule has 0 radical (unpaired) electrons. The van der Waals surface area contributed by atoms with Crippen LogP contribution in [0, 0.1) is 17.8 Å². The third-order valence-electron chi connectivity index (χ3n) is 6.65. The SMILES string of the molecule is O=C(NCC[C@@H]1C[C@H]2CC[C@H]1C2)[C@H]1CCCN1C(=O)c1ccccc1O. The fourth-order valence-corrected chi connectivity index (χ4v) is 5.32. The summed E-state index contributed by atoms with van der Waals surface area (Å²) in [7, 11) is 0. The molecule has 1 aromatic carbocycles. The molecule has 3 fully saturated rings. The average Bonchev–Trinajstić information content (AvgIpc) is 3.38. The van der Waals surface area contributed by atoms with Crippen molar-refractivity contribution in [3.8, 4) is 5.75 Å². The van der Waals surface area contributed by atoms with Crippen molar-refractivity contribution < 1.29 is 14.7 Å². The molecule has 2 N–H and O–H groups in total. The van der Waals surface area contributed by atoms with E-state index in [1.165, 1.54) is 31.7 Å². The number of fused-ring (bicyclic) bond motifs is 2. The molecule has 3 aliphatic rings. The van der Waals surface area contributed by atoms with E-state index in [4.69, 9.17) is 0 Å². The maximum atomic E-state index is 12.7. The van der Waals surface area contributed by atoms with Gasteiger partial charge in [0.2, 0.25) is 5.91 Å². The number of hydrogen-bond acceptors (Lipinski definition) is 3. The molecule has 0 aromatic heterocycles. The van der Waals surface area contributed by atoms with E-state index in [1.807, 2.05) is 0 Å². The minimum absolute atomic E-state index is 0.0279. The van der Waals surface area contributed by atoms with E-state index in [0.717, 1.165) is 30.6 Å². The number of amides is 2. The third kappa shape index (κ3) is 3.31. The lowest BCUT2D eigenvalue weighted by Gasteiger charge is -2.25. The summed E-state index contributed by atoms with van der Waals surface area (Å²) in [6, 6.07) is 6.12. The Balaban J connectivity index is 1.32. The summed E-state index contributed by atoms with van der Waals surface area (Å²) >= 11 is 0. The molecule has 2 aliphatic carbocycles. The quantitative estimate of drug-likeness (QED) is 0.852. The molecule has 1 aromatic rings. The van der Waals surface area contributed by atoms with Crippen molar-refractivity contribution in [2.75, 3.05) is 13.1 Å². The third-order valence-corrected chi connectivity index (χ3v) is 6.65. The van der Waals surface area contributed by atoms with Gasteiger partial charge in [-0.25, -0.2) is 0 Å². The van der Waals surface area contributed by atoms with Gasteiger partial charge in [0.1, 0.15) is 11.8 Å². The molecule has 1 aliphatic heterocycles. The molecule has 2 saturated carbocycles. The van der Waals surface area contributed by atoms with Crippen molar-refractivity contribution in [1.82, 2.24) is 10.2 Å². The second kappa shape index (κ2) is 7.29. The Hall–Kier alpha value is -2.04. The minimum Gasteiger partial charge on any atom is -0.507 e. The van der Waals surface area contributed by atoms with Crippen molar-refractivity contribution in [2.45, 2.75) is 51.0 Å². The highest BCUT2D eigenvalue weighted by Crippen LogP contribution is 2.49. The van der Waals surface area contributed by atoms with Crippen LogP contribution in [0.4, 0.5) is 0 Å². The van der Waals surface area contributed by atoms with Crippen molar-refractivity contribution in [3.63, 3.8) is 0 Å². The smallest absolute Gasteiger partial charge is 0.258 e. The Bertz CT molecular complexity index is 690. The standard InChI is InChI=1S/C21H28N2O3/c24-19-6-2-1-4-17(19)21(26)23-11-3-5-18(23)20(25)22-10-9-16-13-14-7-8-15(16)12-14/h1-2,4,6,14-16,18,24H,3,5,7-13H2,(H,22,25)/t14-,15-,16+,18+/m0/s1. The highest BCUT2D eigenvalue weighted by molar-refractivity contribution is 5.99. The molecule has 2 amide bonds. The Labute approximate surface area is 154 Å². The number of likely N-dealkylation sites (tertiary alicyclic amines) is 1. The minimum atomic E-state index is -0.415. The van der Waals surface area contributed by atoms with E-state index in [0.29, 0.717) is 19.5 Å². The van der Waals surface area contributed by atoms with Gasteiger partial charge in [-0.1, -0.05) is 18.6 Å². The summed E-state index contributed by atoms with van der Waals surface area (Å²) < 4.78 is 0. The van der Waals surface area contributed by atoms with Gasteiger partial charge in [0.15, 0.2) is 0 Å². The zero-order chi connectivity index (χ0) is 18.1. The van der Waals surface area contributed by atoms with Gasteiger partial charge in [0.05, 0.1) is 5.56 Å². The number of carbonyl (C=O) groups excluding carboxylic acids is 2. The predicted molar refractivity (Wildman–Crippen MR) is 98.7 cm³/mol. The molecular formula is C21H28N2O3. The first-order valence-corrected chi connectivity index (χ1v) is 10.00. The number of rotatable bonds is 5. The van der Waals surface area contributed by atoms with Gasteiger partial charge in [0.25, 0.3) is 5.91 Å². The molecule has 0 unspecified atom stereocenters. The molecular weight excluding hydrogens is 328 g/mol. The highest BCUT2D eigenvalue weighted by Gasteiger charge is 2.39. The first-order chi connectivity index (χ1) is 12.6. The second-order valence-electron chi connectivity index (χ2n) is 8.19. The number of nitrogens with zero attached hydrogens (tertiary/aromatic N) is 1. The van der Waals surface area contributed by atoms with Crippen LogP contribution < -0.4 is 5.32 Å². The summed E-state index contributed by atoms with van der Waals surface area (Å²) in [4.78, 5) is 27.0. The van der Waals surface area contributed by atoms with Gasteiger partial charge in [-0.3, -0.25) is 9.59 Å². The molecule has 2 bridgehead atoms. The van der Waals surface area contributed by atoms with E-state index in [-0.39, 0.29) is 23.1 Å². The van der Waals surface area contributed by atoms with Crippen molar-refractivity contribution in [2.24, 2.45) is 17.8 Å². The van der Waals surface area contributed by atoms with E-state index in [1.54, 1.807) is 23.1 Å². The molecule has 26 heavy (non-hydrogen) atoms. The summed E-state index contributed by atoms with van der Waals surface area (Å²) in [5, 5.41) is 13.0. The van der Waals surface area contributed by atoms with Crippen LogP contribution in [-0.2, 0) is 4.79 Å². The van der Waals surface area contributed by atoms with Crippen LogP contribution in [0.3, 0.4) is 0 Å². The van der Waals surface area contributed by atoms with Crippen LogP contribution in [0.5, 0.6) is 5.75 Å². The number of hydrogen-bond donors (Lipinski definition) is 2. The van der Waals surface area contributed by atoms with Crippen LogP contribution in [0.2, 0.25) is 0 Å². The summed E-state index contributed by atoms with van der Waals surface area (Å²) in [6.07, 6.45) is 8.08. The first kappa shape index (κ1) is 17.4. The lowest BCUT2D eigenvalue weighted by molar-refractivity contribution is -0.124. The number of phenolic OH excluding ortho intramolecular Hbond substituents is 1. The van der Waals surface area contributed by atoms with E-state index >= 15 is 0 Å². The van der Waals surface area contributed by atoms with Gasteiger partial charge in [-0.2, -0.15) is 0 Å². The number of phenols is 1. The van der Waals surface area contributed by atoms with Crippen molar-refractivity contribution in [3.05, 3.63) is 29.8 Å². The molecule has 4 atom stereocenters. The molecule has 4 rings (SSSR count). The predicted octanol–water partition coefficient (Wildman–Crippen LogP) is 2.94. The zero-order valence-corrected chi connectivity index (χ0v) is 15.2. The maximum Gasteiger partial charge on any atom is 0.258 e. The summed E-state index contributed by atoms with van der Waals surface area (Å²) in [5.74, 6) is 2.25. The molecule has 5 nitrogen and oxygen atoms in total. The molecule has 5 heteroatoms. The van der Waals surface area contributed by atoms with Crippen molar-refractivity contribution in [1.29, 1.82) is 0 Å². The maximum absolute atomic E-state index is 12.7. The zero-order valence-electron chi connectivity index (χ0n) is 15.2. The number of para-hydroxylation sites is 1. The highest BCUT2D eigenvalue weighted by atomic mass is 16.3. The molecule has 0 spiro atoms. The lowest BCUT2D eigenvalue weighted by atomic mass is 9.86. The van der Waals surface area contributed by atoms with Crippen LogP contribution in [-0.4, -0.2) is 41.0 Å². The first-order valence-electron chi connectivity index (χ1n) is 10.00. The van der Waals surface area contributed by atoms with Gasteiger partial charge < -0.3 is 15.3 Å². The van der Waals surface area contributed by atoms with Gasteiger partial charge >= 0.3 is 0 Å². The van der Waals surface area contributed by atoms with Gasteiger partial charge in [-0.05, 0) is 68.4 Å². The van der Waals surface area contributed by atoms with Gasteiger partial charge in [0, 0.05) is 13.1 Å². The lowest BCUT2D eigenvalue weighted by Crippen LogP contribution is -2.46. The van der Waals surface area contributed by atoms with Crippen LogP contribution in [0.15, 0.2) is 24.3 Å². The second-order valence-corrected chi connectivity index (χ2v) is 8.19. The number of nitrogens with one attached hydrogen (secondary N) is 1. The summed E-state index contributed by atoms with van der Waals surface area (Å²) in [6.45, 7) is 1.28. The van der Waals surface area contributed by atoms with E-state index in [2.05, 4.69) is 5.32 Å². The molecule has 140 valence electrons.